The number of ketones is 1. The van der Waals surface area contributed by atoms with Crippen LogP contribution in [0.2, 0.25) is 0 Å². The number of piperidine rings is 1. The first-order chi connectivity index (χ1) is 19.8. The zero-order valence-electron chi connectivity index (χ0n) is 23.3. The molecule has 0 saturated carbocycles. The second kappa shape index (κ2) is 14.1. The third-order valence-electron chi connectivity index (χ3n) is 7.09. The lowest BCUT2D eigenvalue weighted by Gasteiger charge is -2.29. The standard InChI is InChI=1S/C29H35F3N4O6/c1-16(2)13-22(26(39)34-21(24(37)29(30,31)32)15-19-10-6-12-33-25(19)38)35-27(40)23(36-28(41)42)14-18-9-5-8-17-7-3-4-11-20(17)18/h3-5,7-9,11,16,19,21-23,36H,6,10,12-15H2,1-2H3,(H,33,38)(H,34,39)(H,35,40)(H,41,42)/t19-,21-,22-,23-/m0/s1. The van der Waals surface area contributed by atoms with Crippen molar-refractivity contribution in [2.45, 2.75) is 70.3 Å². The van der Waals surface area contributed by atoms with Gasteiger partial charge in [-0.1, -0.05) is 56.3 Å². The third-order valence-corrected chi connectivity index (χ3v) is 7.09. The zero-order valence-corrected chi connectivity index (χ0v) is 23.3. The van der Waals surface area contributed by atoms with Crippen LogP contribution in [-0.4, -0.2) is 65.6 Å². The van der Waals surface area contributed by atoms with Gasteiger partial charge in [0.25, 0.3) is 5.78 Å². The summed E-state index contributed by atoms with van der Waals surface area (Å²) in [6.07, 6.45) is -6.62. The summed E-state index contributed by atoms with van der Waals surface area (Å²) in [4.78, 5) is 62.6. The molecule has 2 aromatic rings. The maximum atomic E-state index is 13.4. The van der Waals surface area contributed by atoms with Crippen LogP contribution in [0.15, 0.2) is 42.5 Å². The number of benzene rings is 2. The quantitative estimate of drug-likeness (QED) is 0.255. The summed E-state index contributed by atoms with van der Waals surface area (Å²) in [5.74, 6) is -5.74. The number of amides is 4. The maximum Gasteiger partial charge on any atom is 0.452 e. The average molecular weight is 593 g/mol. The second-order valence-electron chi connectivity index (χ2n) is 10.8. The highest BCUT2D eigenvalue weighted by molar-refractivity contribution is 5.96. The number of halogens is 3. The Bertz CT molecular complexity index is 1310. The van der Waals surface area contributed by atoms with Crippen molar-refractivity contribution in [2.24, 2.45) is 11.8 Å². The Morgan fingerprint density at radius 1 is 0.952 bits per heavy atom. The Balaban J connectivity index is 1.83. The fourth-order valence-electron chi connectivity index (χ4n) is 5.07. The summed E-state index contributed by atoms with van der Waals surface area (Å²) in [6.45, 7) is 3.81. The monoisotopic (exact) mass is 592 g/mol. The van der Waals surface area contributed by atoms with Gasteiger partial charge in [-0.2, -0.15) is 13.2 Å². The van der Waals surface area contributed by atoms with Crippen molar-refractivity contribution in [2.75, 3.05) is 6.54 Å². The number of carbonyl (C=O) groups is 5. The van der Waals surface area contributed by atoms with E-state index in [1.165, 1.54) is 0 Å². The largest absolute Gasteiger partial charge is 0.465 e. The molecule has 10 nitrogen and oxygen atoms in total. The number of hydrogen-bond donors (Lipinski definition) is 5. The van der Waals surface area contributed by atoms with Crippen molar-refractivity contribution < 1.29 is 42.3 Å². The first kappa shape index (κ1) is 32.4. The molecule has 2 aromatic carbocycles. The number of hydrogen-bond acceptors (Lipinski definition) is 5. The molecule has 0 unspecified atom stereocenters. The minimum Gasteiger partial charge on any atom is -0.465 e. The van der Waals surface area contributed by atoms with Gasteiger partial charge in [0, 0.05) is 18.9 Å². The second-order valence-corrected chi connectivity index (χ2v) is 10.8. The Labute approximate surface area is 240 Å². The molecule has 1 saturated heterocycles. The van der Waals surface area contributed by atoms with Gasteiger partial charge in [0.15, 0.2) is 0 Å². The highest BCUT2D eigenvalue weighted by Gasteiger charge is 2.46. The number of Topliss-reactive ketones (excluding diaryl/α,β-unsaturated/α-hetero) is 1. The fourth-order valence-corrected chi connectivity index (χ4v) is 5.07. The number of nitrogens with one attached hydrogen (secondary N) is 4. The van der Waals surface area contributed by atoms with Gasteiger partial charge in [-0.25, -0.2) is 4.79 Å². The number of carbonyl (C=O) groups excluding carboxylic acids is 4. The first-order valence-corrected chi connectivity index (χ1v) is 13.7. The average Bonchev–Trinajstić information content (AvgIpc) is 2.91. The summed E-state index contributed by atoms with van der Waals surface area (Å²) in [5, 5.41) is 20.3. The molecule has 4 atom stereocenters. The smallest absolute Gasteiger partial charge is 0.452 e. The number of rotatable bonds is 12. The molecule has 228 valence electrons. The van der Waals surface area contributed by atoms with Crippen LogP contribution < -0.4 is 21.3 Å². The summed E-state index contributed by atoms with van der Waals surface area (Å²) in [7, 11) is 0. The Morgan fingerprint density at radius 3 is 2.24 bits per heavy atom. The Hall–Kier alpha value is -4.16. The zero-order chi connectivity index (χ0) is 31.0. The lowest BCUT2D eigenvalue weighted by molar-refractivity contribution is -0.174. The van der Waals surface area contributed by atoms with E-state index >= 15 is 0 Å². The van der Waals surface area contributed by atoms with E-state index in [0.29, 0.717) is 18.5 Å². The Kier molecular flexibility index (Phi) is 10.9. The first-order valence-electron chi connectivity index (χ1n) is 13.7. The van der Waals surface area contributed by atoms with Crippen LogP contribution in [0, 0.1) is 11.8 Å². The molecule has 1 aliphatic heterocycles. The van der Waals surface area contributed by atoms with E-state index in [1.807, 2.05) is 24.3 Å². The van der Waals surface area contributed by atoms with E-state index in [0.717, 1.165) is 10.8 Å². The van der Waals surface area contributed by atoms with Crippen LogP contribution in [0.25, 0.3) is 10.8 Å². The molecule has 3 rings (SSSR count). The summed E-state index contributed by atoms with van der Waals surface area (Å²) in [6, 6.07) is 7.89. The molecule has 13 heteroatoms. The third kappa shape index (κ3) is 8.92. The molecular formula is C29H35F3N4O6. The summed E-state index contributed by atoms with van der Waals surface area (Å²) < 4.78 is 40.3. The van der Waals surface area contributed by atoms with Gasteiger partial charge in [0.1, 0.15) is 12.1 Å². The van der Waals surface area contributed by atoms with Crippen LogP contribution in [0.5, 0.6) is 0 Å². The van der Waals surface area contributed by atoms with E-state index in [1.54, 1.807) is 32.0 Å². The molecule has 0 bridgehead atoms. The molecule has 5 N–H and O–H groups in total. The van der Waals surface area contributed by atoms with Gasteiger partial charge in [-0.15, -0.1) is 0 Å². The normalized spacial score (nSPS) is 17.6. The van der Waals surface area contributed by atoms with Crippen molar-refractivity contribution in [1.29, 1.82) is 0 Å². The van der Waals surface area contributed by atoms with Gasteiger partial charge in [-0.05, 0) is 47.9 Å². The van der Waals surface area contributed by atoms with Crippen molar-refractivity contribution in [3.8, 4) is 0 Å². The molecule has 0 spiro atoms. The van der Waals surface area contributed by atoms with Gasteiger partial charge in [-0.3, -0.25) is 19.2 Å². The molecule has 4 amide bonds. The SMILES string of the molecule is CC(C)C[C@H](NC(=O)[C@H](Cc1cccc2ccccc12)NC(=O)O)C(=O)N[C@@H](C[C@@H]1CCCNC1=O)C(=O)C(F)(F)F. The minimum absolute atomic E-state index is 0.0114. The maximum absolute atomic E-state index is 13.4. The van der Waals surface area contributed by atoms with Crippen molar-refractivity contribution in [3.63, 3.8) is 0 Å². The van der Waals surface area contributed by atoms with E-state index in [2.05, 4.69) is 21.3 Å². The molecule has 0 aliphatic carbocycles. The molecule has 1 fully saturated rings. The minimum atomic E-state index is -5.27. The van der Waals surface area contributed by atoms with Crippen LogP contribution in [0.4, 0.5) is 18.0 Å². The highest BCUT2D eigenvalue weighted by atomic mass is 19.4. The molecule has 0 aromatic heterocycles. The van der Waals surface area contributed by atoms with Crippen molar-refractivity contribution in [3.05, 3.63) is 48.0 Å². The lowest BCUT2D eigenvalue weighted by atomic mass is 9.89. The predicted octanol–water partition coefficient (Wildman–Crippen LogP) is 3.08. The Morgan fingerprint density at radius 2 is 1.60 bits per heavy atom. The highest BCUT2D eigenvalue weighted by Crippen LogP contribution is 2.25. The van der Waals surface area contributed by atoms with Gasteiger partial charge in [0.05, 0.1) is 6.04 Å². The molecule has 1 aliphatic rings. The number of fused-ring (bicyclic) bond motifs is 1. The van der Waals surface area contributed by atoms with E-state index in [9.17, 15) is 42.3 Å². The predicted molar refractivity (Wildman–Crippen MR) is 147 cm³/mol. The number of alkyl halides is 3. The van der Waals surface area contributed by atoms with Crippen LogP contribution in [0.1, 0.15) is 45.1 Å². The van der Waals surface area contributed by atoms with Gasteiger partial charge in [0.2, 0.25) is 17.7 Å². The molecular weight excluding hydrogens is 557 g/mol. The van der Waals surface area contributed by atoms with E-state index in [4.69, 9.17) is 0 Å². The topological polar surface area (TPSA) is 154 Å². The van der Waals surface area contributed by atoms with Crippen LogP contribution in [-0.2, 0) is 25.6 Å². The lowest BCUT2D eigenvalue weighted by Crippen LogP contribution is -2.58. The van der Waals surface area contributed by atoms with Gasteiger partial charge < -0.3 is 26.4 Å². The van der Waals surface area contributed by atoms with Crippen molar-refractivity contribution >= 4 is 40.4 Å². The fraction of sp³-hybridized carbons (Fsp3) is 0.483. The molecule has 0 radical (unpaired) electrons. The summed E-state index contributed by atoms with van der Waals surface area (Å²) >= 11 is 0. The van der Waals surface area contributed by atoms with E-state index < -0.39 is 66.2 Å². The molecule has 42 heavy (non-hydrogen) atoms. The van der Waals surface area contributed by atoms with Gasteiger partial charge >= 0.3 is 12.3 Å². The van der Waals surface area contributed by atoms with Crippen molar-refractivity contribution in [1.82, 2.24) is 21.3 Å². The molecule has 1 heterocycles. The van der Waals surface area contributed by atoms with E-state index in [-0.39, 0.29) is 25.2 Å². The van der Waals surface area contributed by atoms with Crippen LogP contribution >= 0.6 is 0 Å². The summed E-state index contributed by atoms with van der Waals surface area (Å²) in [5.41, 5.74) is 0.661. The number of carboxylic acid groups (broad SMARTS) is 1. The van der Waals surface area contributed by atoms with Crippen LogP contribution in [0.3, 0.4) is 0 Å².